The van der Waals surface area contributed by atoms with Gasteiger partial charge in [-0.1, -0.05) is 11.6 Å². The summed E-state index contributed by atoms with van der Waals surface area (Å²) < 4.78 is 34.0. The van der Waals surface area contributed by atoms with Gasteiger partial charge in [-0.25, -0.2) is 13.8 Å². The lowest BCUT2D eigenvalue weighted by Gasteiger charge is -2.37. The van der Waals surface area contributed by atoms with Crippen LogP contribution in [0.15, 0.2) is 18.3 Å². The zero-order valence-corrected chi connectivity index (χ0v) is 14.3. The van der Waals surface area contributed by atoms with Gasteiger partial charge in [-0.15, -0.1) is 0 Å². The maximum atomic E-state index is 13.4. The molecule has 2 N–H and O–H groups in total. The average molecular weight is 369 g/mol. The van der Waals surface area contributed by atoms with Gasteiger partial charge in [0.25, 0.3) is 5.92 Å². The van der Waals surface area contributed by atoms with Crippen LogP contribution in [0.25, 0.3) is 11.3 Å². The van der Waals surface area contributed by atoms with Crippen molar-refractivity contribution in [2.24, 2.45) is 0 Å². The van der Waals surface area contributed by atoms with E-state index in [-0.39, 0.29) is 30.6 Å². The number of rotatable bonds is 3. The Morgan fingerprint density at radius 3 is 2.60 bits per heavy atom. The number of nitrogen functional groups attached to an aromatic ring is 1. The van der Waals surface area contributed by atoms with Crippen LogP contribution in [0, 0.1) is 0 Å². The smallest absolute Gasteiger partial charge is 0.252 e. The maximum Gasteiger partial charge on any atom is 0.252 e. The fourth-order valence-electron chi connectivity index (χ4n) is 3.53. The van der Waals surface area contributed by atoms with Gasteiger partial charge < -0.3 is 10.5 Å². The van der Waals surface area contributed by atoms with Crippen molar-refractivity contribution in [3.63, 3.8) is 0 Å². The summed E-state index contributed by atoms with van der Waals surface area (Å²) in [6.07, 6.45) is 3.02. The minimum atomic E-state index is -2.59. The molecular weight excluding hydrogens is 350 g/mol. The molecule has 0 amide bonds. The second kappa shape index (κ2) is 6.21. The van der Waals surface area contributed by atoms with Crippen molar-refractivity contribution >= 4 is 17.4 Å². The number of aromatic nitrogens is 3. The van der Waals surface area contributed by atoms with Crippen molar-refractivity contribution in [3.8, 4) is 11.3 Å². The molecule has 3 heterocycles. The number of anilines is 1. The van der Waals surface area contributed by atoms with Crippen molar-refractivity contribution in [2.75, 3.05) is 18.9 Å². The second-order valence-electron chi connectivity index (χ2n) is 6.79. The first kappa shape index (κ1) is 16.7. The van der Waals surface area contributed by atoms with E-state index in [1.165, 1.54) is 0 Å². The molecule has 0 atom stereocenters. The van der Waals surface area contributed by atoms with Gasteiger partial charge in [0, 0.05) is 49.4 Å². The Balaban J connectivity index is 1.70. The summed E-state index contributed by atoms with van der Waals surface area (Å²) in [4.78, 5) is 4.07. The van der Waals surface area contributed by atoms with Gasteiger partial charge in [0.15, 0.2) is 0 Å². The summed E-state index contributed by atoms with van der Waals surface area (Å²) in [5.41, 5.74) is 8.07. The molecule has 0 bridgehead atoms. The van der Waals surface area contributed by atoms with Crippen LogP contribution in [-0.4, -0.2) is 33.9 Å². The zero-order chi connectivity index (χ0) is 17.6. The lowest BCUT2D eigenvalue weighted by atomic mass is 9.87. The van der Waals surface area contributed by atoms with Crippen LogP contribution in [0.1, 0.15) is 43.3 Å². The molecule has 2 fully saturated rings. The second-order valence-corrected chi connectivity index (χ2v) is 7.20. The number of pyridine rings is 1. The highest BCUT2D eigenvalue weighted by atomic mass is 35.5. The number of hydrogen-bond acceptors (Lipinski definition) is 4. The van der Waals surface area contributed by atoms with Crippen molar-refractivity contribution < 1.29 is 13.5 Å². The van der Waals surface area contributed by atoms with Gasteiger partial charge in [-0.05, 0) is 25.0 Å². The molecule has 1 saturated heterocycles. The van der Waals surface area contributed by atoms with Gasteiger partial charge in [0.05, 0.1) is 16.8 Å². The monoisotopic (exact) mass is 368 g/mol. The van der Waals surface area contributed by atoms with Crippen LogP contribution in [0.3, 0.4) is 0 Å². The number of alkyl halides is 2. The van der Waals surface area contributed by atoms with Crippen LogP contribution < -0.4 is 5.73 Å². The van der Waals surface area contributed by atoms with Gasteiger partial charge in [0.2, 0.25) is 0 Å². The quantitative estimate of drug-likeness (QED) is 0.887. The van der Waals surface area contributed by atoms with Crippen LogP contribution >= 0.6 is 11.6 Å². The summed E-state index contributed by atoms with van der Waals surface area (Å²) in [6.45, 7) is 1.36. The Bertz CT molecular complexity index is 781. The van der Waals surface area contributed by atoms with E-state index >= 15 is 0 Å². The Kier molecular flexibility index (Phi) is 4.16. The van der Waals surface area contributed by atoms with Crippen LogP contribution in [0.2, 0.25) is 5.02 Å². The molecule has 2 aromatic rings. The molecule has 4 rings (SSSR count). The number of ether oxygens (including phenoxy) is 1. The molecule has 25 heavy (non-hydrogen) atoms. The lowest BCUT2D eigenvalue weighted by molar-refractivity contribution is -0.107. The molecule has 0 aromatic carbocycles. The van der Waals surface area contributed by atoms with Gasteiger partial charge >= 0.3 is 0 Å². The third-order valence-corrected chi connectivity index (χ3v) is 5.29. The first-order chi connectivity index (χ1) is 11.9. The van der Waals surface area contributed by atoms with E-state index in [2.05, 4.69) is 10.1 Å². The number of nitrogens with zero attached hydrogens (tertiary/aromatic N) is 3. The Morgan fingerprint density at radius 1 is 1.24 bits per heavy atom. The minimum absolute atomic E-state index is 0.162. The van der Waals surface area contributed by atoms with E-state index in [0.717, 1.165) is 24.1 Å². The Morgan fingerprint density at radius 2 is 1.96 bits per heavy atom. The molecule has 0 radical (unpaired) electrons. The van der Waals surface area contributed by atoms with Crippen molar-refractivity contribution in [2.45, 2.75) is 43.6 Å². The summed E-state index contributed by atoms with van der Waals surface area (Å²) >= 11 is 6.06. The third kappa shape index (κ3) is 3.22. The molecule has 134 valence electrons. The zero-order valence-electron chi connectivity index (χ0n) is 13.6. The highest BCUT2D eigenvalue weighted by molar-refractivity contribution is 6.33. The Hall–Kier alpha value is -1.73. The first-order valence-electron chi connectivity index (χ1n) is 8.39. The predicted molar refractivity (Wildman–Crippen MR) is 90.9 cm³/mol. The standard InChI is InChI=1S/C17H19ClF2N4O/c18-13-5-11(9-22-16(13)21)14-6-15(10-1-3-25-4-2-10)24(23-14)12-7-17(19,20)8-12/h5-6,9-10,12H,1-4,7-8H2,(H2,21,22). The van der Waals surface area contributed by atoms with E-state index in [1.54, 1.807) is 16.9 Å². The average Bonchev–Trinajstić information content (AvgIpc) is 3.01. The maximum absolute atomic E-state index is 13.4. The normalized spacial score (nSPS) is 21.2. The molecule has 1 saturated carbocycles. The predicted octanol–water partition coefficient (Wildman–Crippen LogP) is 4.04. The van der Waals surface area contributed by atoms with Crippen LogP contribution in [0.4, 0.5) is 14.6 Å². The van der Waals surface area contributed by atoms with Crippen molar-refractivity contribution in [1.29, 1.82) is 0 Å². The van der Waals surface area contributed by atoms with Gasteiger partial charge in [-0.3, -0.25) is 4.68 Å². The summed E-state index contributed by atoms with van der Waals surface area (Å²) in [7, 11) is 0. The number of nitrogens with two attached hydrogens (primary N) is 1. The third-order valence-electron chi connectivity index (χ3n) is 4.98. The highest BCUT2D eigenvalue weighted by Crippen LogP contribution is 2.47. The minimum Gasteiger partial charge on any atom is -0.382 e. The van der Waals surface area contributed by atoms with E-state index in [0.29, 0.717) is 23.9 Å². The number of hydrogen-bond donors (Lipinski definition) is 1. The van der Waals surface area contributed by atoms with E-state index < -0.39 is 5.92 Å². The van der Waals surface area contributed by atoms with Gasteiger partial charge in [0.1, 0.15) is 5.82 Å². The fraction of sp³-hybridized carbons (Fsp3) is 0.529. The fourth-order valence-corrected chi connectivity index (χ4v) is 3.70. The molecule has 2 aliphatic rings. The molecular formula is C17H19ClF2N4O. The van der Waals surface area contributed by atoms with Gasteiger partial charge in [-0.2, -0.15) is 5.10 Å². The first-order valence-corrected chi connectivity index (χ1v) is 8.77. The molecule has 1 aliphatic heterocycles. The van der Waals surface area contributed by atoms with Crippen LogP contribution in [0.5, 0.6) is 0 Å². The highest BCUT2D eigenvalue weighted by Gasteiger charge is 2.47. The molecule has 8 heteroatoms. The summed E-state index contributed by atoms with van der Waals surface area (Å²) in [6, 6.07) is 3.41. The topological polar surface area (TPSA) is 66.0 Å². The largest absolute Gasteiger partial charge is 0.382 e. The lowest BCUT2D eigenvalue weighted by Crippen LogP contribution is -2.38. The van der Waals surface area contributed by atoms with Crippen molar-refractivity contribution in [3.05, 3.63) is 29.0 Å². The molecule has 0 spiro atoms. The molecule has 5 nitrogen and oxygen atoms in total. The molecule has 1 aliphatic carbocycles. The summed E-state index contributed by atoms with van der Waals surface area (Å²) in [5, 5.41) is 4.97. The molecule has 0 unspecified atom stereocenters. The van der Waals surface area contributed by atoms with E-state index in [4.69, 9.17) is 22.1 Å². The molecule has 2 aromatic heterocycles. The van der Waals surface area contributed by atoms with E-state index in [1.807, 2.05) is 6.07 Å². The van der Waals surface area contributed by atoms with E-state index in [9.17, 15) is 8.78 Å². The summed E-state index contributed by atoms with van der Waals surface area (Å²) in [5.74, 6) is -2.06. The number of halogens is 3. The van der Waals surface area contributed by atoms with Crippen LogP contribution in [-0.2, 0) is 4.74 Å². The SMILES string of the molecule is Nc1ncc(-c2cc(C3CCOCC3)n(C3CC(F)(F)C3)n2)cc1Cl. The Labute approximate surface area is 149 Å². The van der Waals surface area contributed by atoms with Crippen molar-refractivity contribution in [1.82, 2.24) is 14.8 Å².